The summed E-state index contributed by atoms with van der Waals surface area (Å²) in [5.41, 5.74) is 0. The van der Waals surface area contributed by atoms with E-state index in [9.17, 15) is 0 Å². The first-order valence-corrected chi connectivity index (χ1v) is 6.55. The lowest BCUT2D eigenvalue weighted by Gasteiger charge is -2.04. The fourth-order valence-electron chi connectivity index (χ4n) is 1.38. The minimum Gasteiger partial charge on any atom is -0.363 e. The molecular formula is C11H13ClN4S. The summed E-state index contributed by atoms with van der Waals surface area (Å²) in [7, 11) is 0. The van der Waals surface area contributed by atoms with E-state index in [-0.39, 0.29) is 0 Å². The largest absolute Gasteiger partial charge is 0.363 e. The lowest BCUT2D eigenvalue weighted by atomic mass is 10.4. The lowest BCUT2D eigenvalue weighted by Crippen LogP contribution is -2.02. The average molecular weight is 269 g/mol. The van der Waals surface area contributed by atoms with Crippen LogP contribution in [0.4, 0.5) is 5.82 Å². The predicted molar refractivity (Wildman–Crippen MR) is 70.6 cm³/mol. The Labute approximate surface area is 109 Å². The normalized spacial score (nSPS) is 10.5. The maximum Gasteiger partial charge on any atom is 0.134 e. The zero-order valence-corrected chi connectivity index (χ0v) is 11.3. The third kappa shape index (κ3) is 3.38. The number of hydrogen-bond donors (Lipinski definition) is 1. The topological polar surface area (TPSA) is 50.7 Å². The molecule has 0 saturated heterocycles. The van der Waals surface area contributed by atoms with Crippen LogP contribution in [0.25, 0.3) is 0 Å². The summed E-state index contributed by atoms with van der Waals surface area (Å²) in [5.74, 6) is 1.39. The molecule has 0 atom stereocenters. The van der Waals surface area contributed by atoms with E-state index in [0.29, 0.717) is 17.5 Å². The number of anilines is 1. The van der Waals surface area contributed by atoms with E-state index in [1.807, 2.05) is 13.1 Å². The van der Waals surface area contributed by atoms with Gasteiger partial charge in [-0.1, -0.05) is 18.5 Å². The number of hydrogen-bond acceptors (Lipinski definition) is 5. The van der Waals surface area contributed by atoms with Crippen molar-refractivity contribution in [2.45, 2.75) is 26.8 Å². The van der Waals surface area contributed by atoms with Crippen LogP contribution in [0.2, 0.25) is 5.15 Å². The molecule has 6 heteroatoms. The van der Waals surface area contributed by atoms with Crippen molar-refractivity contribution < 1.29 is 0 Å². The molecule has 90 valence electrons. The monoisotopic (exact) mass is 268 g/mol. The van der Waals surface area contributed by atoms with Gasteiger partial charge in [-0.3, -0.25) is 0 Å². The van der Waals surface area contributed by atoms with Crippen LogP contribution in [0.1, 0.15) is 22.6 Å². The van der Waals surface area contributed by atoms with Crippen LogP contribution in [-0.2, 0) is 13.0 Å². The highest BCUT2D eigenvalue weighted by Gasteiger charge is 2.03. The summed E-state index contributed by atoms with van der Waals surface area (Å²) in [5, 5.41) is 4.69. The molecule has 0 spiro atoms. The van der Waals surface area contributed by atoms with Gasteiger partial charge >= 0.3 is 0 Å². The number of aryl methyl sites for hydroxylation is 2. The van der Waals surface area contributed by atoms with Crippen molar-refractivity contribution in [2.75, 3.05) is 5.32 Å². The van der Waals surface area contributed by atoms with Gasteiger partial charge in [0.05, 0.1) is 6.54 Å². The molecule has 0 unspecified atom stereocenters. The molecular weight excluding hydrogens is 256 g/mol. The summed E-state index contributed by atoms with van der Waals surface area (Å²) in [6.45, 7) is 4.60. The third-order valence-corrected chi connectivity index (χ3v) is 3.51. The molecule has 0 saturated carbocycles. The molecule has 2 aromatic heterocycles. The molecule has 0 fully saturated rings. The Kier molecular flexibility index (Phi) is 3.91. The Balaban J connectivity index is 2.01. The Bertz CT molecular complexity index is 492. The fraction of sp³-hybridized carbons (Fsp3) is 0.364. The Morgan fingerprint density at radius 1 is 1.41 bits per heavy atom. The lowest BCUT2D eigenvalue weighted by molar-refractivity contribution is 1.01. The van der Waals surface area contributed by atoms with Gasteiger partial charge in [-0.15, -0.1) is 11.3 Å². The average Bonchev–Trinajstić information content (AvgIpc) is 2.73. The van der Waals surface area contributed by atoms with Crippen molar-refractivity contribution >= 4 is 28.8 Å². The first kappa shape index (κ1) is 12.3. The highest BCUT2D eigenvalue weighted by Crippen LogP contribution is 2.16. The number of halogens is 1. The number of rotatable bonds is 4. The second-order valence-corrected chi connectivity index (χ2v) is 5.14. The predicted octanol–water partition coefficient (Wildman–Crippen LogP) is 3.07. The van der Waals surface area contributed by atoms with Gasteiger partial charge in [0.2, 0.25) is 0 Å². The van der Waals surface area contributed by atoms with Gasteiger partial charge in [0, 0.05) is 17.1 Å². The van der Waals surface area contributed by atoms with Crippen LogP contribution < -0.4 is 5.32 Å². The molecule has 2 heterocycles. The second kappa shape index (κ2) is 5.42. The van der Waals surface area contributed by atoms with E-state index in [1.165, 1.54) is 4.88 Å². The molecule has 0 amide bonds. The highest BCUT2D eigenvalue weighted by atomic mass is 35.5. The van der Waals surface area contributed by atoms with E-state index in [1.54, 1.807) is 17.4 Å². The molecule has 1 N–H and O–H groups in total. The number of thiazole rings is 1. The van der Waals surface area contributed by atoms with Gasteiger partial charge in [-0.05, 0) is 13.3 Å². The fourth-order valence-corrected chi connectivity index (χ4v) is 2.41. The first-order chi connectivity index (χ1) is 8.17. The van der Waals surface area contributed by atoms with E-state index in [2.05, 4.69) is 27.2 Å². The van der Waals surface area contributed by atoms with Crippen LogP contribution in [0, 0.1) is 6.92 Å². The Hall–Kier alpha value is -1.20. The van der Waals surface area contributed by atoms with Crippen molar-refractivity contribution in [3.63, 3.8) is 0 Å². The van der Waals surface area contributed by atoms with Gasteiger partial charge in [-0.2, -0.15) is 0 Å². The number of aromatic nitrogens is 3. The molecule has 0 aromatic carbocycles. The van der Waals surface area contributed by atoms with Crippen LogP contribution in [-0.4, -0.2) is 15.0 Å². The quantitative estimate of drug-likeness (QED) is 0.866. The smallest absolute Gasteiger partial charge is 0.134 e. The van der Waals surface area contributed by atoms with E-state index in [0.717, 1.165) is 17.2 Å². The minimum absolute atomic E-state index is 0.452. The standard InChI is InChI=1S/C11H13ClN4S/c1-3-8-5-14-11(17-8)6-13-10-4-9(12)15-7(2)16-10/h4-5H,3,6H2,1-2H3,(H,13,15,16). The molecule has 4 nitrogen and oxygen atoms in total. The molecule has 17 heavy (non-hydrogen) atoms. The Morgan fingerprint density at radius 3 is 2.88 bits per heavy atom. The van der Waals surface area contributed by atoms with Crippen molar-refractivity contribution in [2.24, 2.45) is 0 Å². The van der Waals surface area contributed by atoms with Crippen LogP contribution in [0.5, 0.6) is 0 Å². The number of nitrogens with one attached hydrogen (secondary N) is 1. The minimum atomic E-state index is 0.452. The van der Waals surface area contributed by atoms with Crippen LogP contribution in [0.15, 0.2) is 12.3 Å². The van der Waals surface area contributed by atoms with E-state index in [4.69, 9.17) is 11.6 Å². The summed E-state index contributed by atoms with van der Waals surface area (Å²) >= 11 is 7.56. The zero-order valence-electron chi connectivity index (χ0n) is 9.70. The Morgan fingerprint density at radius 2 is 2.24 bits per heavy atom. The number of nitrogens with zero attached hydrogens (tertiary/aromatic N) is 3. The zero-order chi connectivity index (χ0) is 12.3. The van der Waals surface area contributed by atoms with Gasteiger partial charge in [0.25, 0.3) is 0 Å². The molecule has 2 aromatic rings. The summed E-state index contributed by atoms with van der Waals surface area (Å²) in [6, 6.07) is 1.71. The van der Waals surface area contributed by atoms with Crippen LogP contribution >= 0.6 is 22.9 Å². The van der Waals surface area contributed by atoms with Crippen molar-refractivity contribution in [1.29, 1.82) is 0 Å². The first-order valence-electron chi connectivity index (χ1n) is 5.36. The second-order valence-electron chi connectivity index (χ2n) is 3.55. The summed E-state index contributed by atoms with van der Waals surface area (Å²) < 4.78 is 0. The SMILES string of the molecule is CCc1cnc(CNc2cc(Cl)nc(C)n2)s1. The van der Waals surface area contributed by atoms with Gasteiger partial charge < -0.3 is 5.32 Å². The molecule has 2 rings (SSSR count). The molecule has 0 aliphatic carbocycles. The van der Waals surface area contributed by atoms with Crippen LogP contribution in [0.3, 0.4) is 0 Å². The van der Waals surface area contributed by atoms with E-state index >= 15 is 0 Å². The van der Waals surface area contributed by atoms with Gasteiger partial charge in [0.1, 0.15) is 21.8 Å². The molecule has 0 bridgehead atoms. The summed E-state index contributed by atoms with van der Waals surface area (Å²) in [4.78, 5) is 13.9. The highest BCUT2D eigenvalue weighted by molar-refractivity contribution is 7.11. The van der Waals surface area contributed by atoms with Crippen molar-refractivity contribution in [1.82, 2.24) is 15.0 Å². The van der Waals surface area contributed by atoms with Gasteiger partial charge in [0.15, 0.2) is 0 Å². The van der Waals surface area contributed by atoms with Crippen molar-refractivity contribution in [3.05, 3.63) is 33.1 Å². The van der Waals surface area contributed by atoms with Gasteiger partial charge in [-0.25, -0.2) is 15.0 Å². The maximum absolute atomic E-state index is 5.85. The van der Waals surface area contributed by atoms with E-state index < -0.39 is 0 Å². The van der Waals surface area contributed by atoms with Crippen molar-refractivity contribution in [3.8, 4) is 0 Å². The molecule has 0 radical (unpaired) electrons. The third-order valence-electron chi connectivity index (χ3n) is 2.18. The maximum atomic E-state index is 5.85. The summed E-state index contributed by atoms with van der Waals surface area (Å²) in [6.07, 6.45) is 2.94. The molecule has 0 aliphatic rings. The molecule has 0 aliphatic heterocycles.